The molecule has 1 atom stereocenters. The molecule has 2 nitrogen and oxygen atoms in total. The molecule has 0 amide bonds. The third-order valence-electron chi connectivity index (χ3n) is 3.06. The minimum absolute atomic E-state index is 0.317. The molecule has 0 aromatic rings. The molecule has 0 saturated carbocycles. The molecule has 16 heavy (non-hydrogen) atoms. The molecule has 2 heteroatoms. The van der Waals surface area contributed by atoms with Crippen LogP contribution in [-0.2, 0) is 9.53 Å². The van der Waals surface area contributed by atoms with E-state index in [1.54, 1.807) is 0 Å². The van der Waals surface area contributed by atoms with E-state index >= 15 is 0 Å². The molecule has 0 saturated heterocycles. The van der Waals surface area contributed by atoms with Crippen LogP contribution in [0.3, 0.4) is 0 Å². The van der Waals surface area contributed by atoms with E-state index in [0.717, 1.165) is 19.3 Å². The van der Waals surface area contributed by atoms with Gasteiger partial charge in [-0.2, -0.15) is 0 Å². The topological polar surface area (TPSA) is 26.3 Å². The number of carbonyl (C=O) groups is 1. The van der Waals surface area contributed by atoms with E-state index in [1.165, 1.54) is 18.9 Å². The fraction of sp³-hybridized carbons (Fsp3) is 0.786. The van der Waals surface area contributed by atoms with Gasteiger partial charge >= 0.3 is 5.97 Å². The number of rotatable bonds is 8. The van der Waals surface area contributed by atoms with Crippen LogP contribution < -0.4 is 0 Å². The Morgan fingerprint density at radius 2 is 1.94 bits per heavy atom. The Morgan fingerprint density at radius 3 is 2.38 bits per heavy atom. The smallest absolute Gasteiger partial charge is 0.330 e. The molecule has 0 fully saturated rings. The average molecular weight is 226 g/mol. The largest absolute Gasteiger partial charge is 0.456 e. The molecule has 94 valence electrons. The Morgan fingerprint density at radius 1 is 1.31 bits per heavy atom. The number of ether oxygens (including phenoxy) is 1. The Hall–Kier alpha value is -0.790. The highest BCUT2D eigenvalue weighted by Crippen LogP contribution is 2.30. The predicted octanol–water partition coefficient (Wildman–Crippen LogP) is 4.10. The summed E-state index contributed by atoms with van der Waals surface area (Å²) in [5.74, 6) is 0.129. The monoisotopic (exact) mass is 226 g/mol. The van der Waals surface area contributed by atoms with E-state index in [-0.39, 0.29) is 11.6 Å². The Kier molecular flexibility index (Phi) is 7.11. The van der Waals surface area contributed by atoms with Crippen molar-refractivity contribution in [3.8, 4) is 0 Å². The maximum Gasteiger partial charge on any atom is 0.330 e. The molecule has 0 bridgehead atoms. The van der Waals surface area contributed by atoms with Crippen LogP contribution in [0.5, 0.6) is 0 Å². The third kappa shape index (κ3) is 5.34. The van der Waals surface area contributed by atoms with Crippen molar-refractivity contribution in [2.45, 2.75) is 65.4 Å². The van der Waals surface area contributed by atoms with Crippen LogP contribution in [0.15, 0.2) is 12.7 Å². The first-order valence-corrected chi connectivity index (χ1v) is 6.33. The summed E-state index contributed by atoms with van der Waals surface area (Å²) in [6.45, 7) is 11.8. The number of unbranched alkanes of at least 4 members (excludes halogenated alkanes) is 1. The van der Waals surface area contributed by atoms with Crippen LogP contribution in [0.1, 0.15) is 59.8 Å². The summed E-state index contributed by atoms with van der Waals surface area (Å²) in [4.78, 5) is 11.3. The summed E-state index contributed by atoms with van der Waals surface area (Å²) in [5, 5.41) is 0. The summed E-state index contributed by atoms with van der Waals surface area (Å²) in [5.41, 5.74) is -0.379. The van der Waals surface area contributed by atoms with E-state index in [0.29, 0.717) is 5.92 Å². The quantitative estimate of drug-likeness (QED) is 0.460. The van der Waals surface area contributed by atoms with Gasteiger partial charge < -0.3 is 4.74 Å². The summed E-state index contributed by atoms with van der Waals surface area (Å²) in [7, 11) is 0. The lowest BCUT2D eigenvalue weighted by Crippen LogP contribution is -2.36. The first kappa shape index (κ1) is 15.2. The van der Waals surface area contributed by atoms with Crippen LogP contribution in [0, 0.1) is 5.92 Å². The second-order valence-corrected chi connectivity index (χ2v) is 4.86. The van der Waals surface area contributed by atoms with Gasteiger partial charge in [-0.25, -0.2) is 4.79 Å². The van der Waals surface area contributed by atoms with Crippen molar-refractivity contribution in [2.24, 2.45) is 5.92 Å². The van der Waals surface area contributed by atoms with E-state index in [9.17, 15) is 4.79 Å². The zero-order chi connectivity index (χ0) is 12.6. The van der Waals surface area contributed by atoms with Crippen LogP contribution in [0.4, 0.5) is 0 Å². The molecule has 0 aliphatic heterocycles. The standard InChI is InChI=1S/C14H26O2/c1-6-9-11-12(10-7-2)14(4,5)16-13(15)8-3/h8,12H,3,6-7,9-11H2,1-2,4-5H3. The lowest BCUT2D eigenvalue weighted by Gasteiger charge is -2.33. The van der Waals surface area contributed by atoms with Gasteiger partial charge in [0.25, 0.3) is 0 Å². The number of hydrogen-bond donors (Lipinski definition) is 0. The van der Waals surface area contributed by atoms with Gasteiger partial charge in [0.1, 0.15) is 5.60 Å². The van der Waals surface area contributed by atoms with E-state index in [4.69, 9.17) is 4.74 Å². The lowest BCUT2D eigenvalue weighted by atomic mass is 9.83. The summed E-state index contributed by atoms with van der Waals surface area (Å²) in [6, 6.07) is 0. The van der Waals surface area contributed by atoms with Crippen molar-refractivity contribution in [3.05, 3.63) is 12.7 Å². The molecule has 0 aliphatic carbocycles. The highest BCUT2D eigenvalue weighted by atomic mass is 16.6. The normalized spacial score (nSPS) is 13.2. The first-order valence-electron chi connectivity index (χ1n) is 6.33. The van der Waals surface area contributed by atoms with Gasteiger partial charge in [-0.05, 0) is 32.6 Å². The fourth-order valence-corrected chi connectivity index (χ4v) is 2.02. The number of carbonyl (C=O) groups excluding carboxylic acids is 1. The lowest BCUT2D eigenvalue weighted by molar-refractivity contribution is -0.156. The zero-order valence-electron chi connectivity index (χ0n) is 11.2. The molecule has 0 aliphatic rings. The molecule has 0 aromatic heterocycles. The average Bonchev–Trinajstić information content (AvgIpc) is 2.23. The molecular weight excluding hydrogens is 200 g/mol. The minimum atomic E-state index is -0.379. The van der Waals surface area contributed by atoms with Gasteiger partial charge in [0.2, 0.25) is 0 Å². The first-order chi connectivity index (χ1) is 7.47. The highest BCUT2D eigenvalue weighted by Gasteiger charge is 2.31. The van der Waals surface area contributed by atoms with Crippen LogP contribution in [0.2, 0.25) is 0 Å². The predicted molar refractivity (Wildman–Crippen MR) is 68.3 cm³/mol. The molecular formula is C14H26O2. The molecule has 0 spiro atoms. The van der Waals surface area contributed by atoms with Gasteiger partial charge in [-0.3, -0.25) is 0 Å². The van der Waals surface area contributed by atoms with Gasteiger partial charge in [0, 0.05) is 6.08 Å². The molecule has 0 radical (unpaired) electrons. The molecule has 0 aromatic carbocycles. The minimum Gasteiger partial charge on any atom is -0.456 e. The summed E-state index contributed by atoms with van der Waals surface area (Å²) >= 11 is 0. The van der Waals surface area contributed by atoms with Gasteiger partial charge in [0.05, 0.1) is 0 Å². The molecule has 1 unspecified atom stereocenters. The van der Waals surface area contributed by atoms with Crippen molar-refractivity contribution in [2.75, 3.05) is 0 Å². The van der Waals surface area contributed by atoms with Crippen LogP contribution >= 0.6 is 0 Å². The second-order valence-electron chi connectivity index (χ2n) is 4.86. The molecule has 0 N–H and O–H groups in total. The highest BCUT2D eigenvalue weighted by molar-refractivity contribution is 5.81. The van der Waals surface area contributed by atoms with Gasteiger partial charge in [0.15, 0.2) is 0 Å². The van der Waals surface area contributed by atoms with E-state index < -0.39 is 0 Å². The summed E-state index contributed by atoms with van der Waals surface area (Å²) in [6.07, 6.45) is 6.98. The SMILES string of the molecule is C=CC(=O)OC(C)(C)C(CCC)CCCC. The maximum absolute atomic E-state index is 11.3. The van der Waals surface area contributed by atoms with Crippen LogP contribution in [0.25, 0.3) is 0 Å². The van der Waals surface area contributed by atoms with Gasteiger partial charge in [-0.1, -0.05) is 39.7 Å². The van der Waals surface area contributed by atoms with Crippen molar-refractivity contribution in [1.29, 1.82) is 0 Å². The van der Waals surface area contributed by atoms with Crippen molar-refractivity contribution in [3.63, 3.8) is 0 Å². The van der Waals surface area contributed by atoms with Crippen LogP contribution in [-0.4, -0.2) is 11.6 Å². The second kappa shape index (κ2) is 7.48. The molecule has 0 rings (SSSR count). The Bertz CT molecular complexity index is 219. The van der Waals surface area contributed by atoms with Crippen molar-refractivity contribution >= 4 is 5.97 Å². The maximum atomic E-state index is 11.3. The molecule has 0 heterocycles. The number of esters is 1. The fourth-order valence-electron chi connectivity index (χ4n) is 2.02. The summed E-state index contributed by atoms with van der Waals surface area (Å²) < 4.78 is 5.44. The van der Waals surface area contributed by atoms with E-state index in [2.05, 4.69) is 20.4 Å². The van der Waals surface area contributed by atoms with Gasteiger partial charge in [-0.15, -0.1) is 0 Å². The van der Waals surface area contributed by atoms with E-state index in [1.807, 2.05) is 13.8 Å². The third-order valence-corrected chi connectivity index (χ3v) is 3.06. The Labute approximate surface area is 100 Å². The number of hydrogen-bond acceptors (Lipinski definition) is 2. The van der Waals surface area contributed by atoms with Crippen molar-refractivity contribution in [1.82, 2.24) is 0 Å². The Balaban J connectivity index is 4.46. The van der Waals surface area contributed by atoms with Crippen molar-refractivity contribution < 1.29 is 9.53 Å². The zero-order valence-corrected chi connectivity index (χ0v) is 11.2.